The number of rotatable bonds is 4. The second-order valence-corrected chi connectivity index (χ2v) is 10.3. The average molecular weight is 440 g/mol. The van der Waals surface area contributed by atoms with Crippen molar-refractivity contribution in [1.29, 1.82) is 0 Å². The molecule has 0 amide bonds. The van der Waals surface area contributed by atoms with Crippen LogP contribution in [0.2, 0.25) is 5.15 Å². The molecule has 7 nitrogen and oxygen atoms in total. The van der Waals surface area contributed by atoms with Crippen molar-refractivity contribution in [2.75, 3.05) is 20.2 Å². The van der Waals surface area contributed by atoms with E-state index in [4.69, 9.17) is 16.3 Å². The first kappa shape index (κ1) is 20.7. The summed E-state index contributed by atoms with van der Waals surface area (Å²) in [6.45, 7) is 2.28. The number of hydrogen-bond acceptors (Lipinski definition) is 5. The number of ether oxygens (including phenoxy) is 1. The Kier molecular flexibility index (Phi) is 5.17. The molecule has 29 heavy (non-hydrogen) atoms. The molecule has 158 valence electrons. The Labute approximate surface area is 176 Å². The third-order valence-electron chi connectivity index (χ3n) is 6.42. The highest BCUT2D eigenvalue weighted by molar-refractivity contribution is 7.89. The van der Waals surface area contributed by atoms with Crippen LogP contribution in [0.15, 0.2) is 29.2 Å². The second-order valence-electron chi connectivity index (χ2n) is 8.07. The molecule has 2 fully saturated rings. The van der Waals surface area contributed by atoms with Gasteiger partial charge in [-0.3, -0.25) is 4.68 Å². The van der Waals surface area contributed by atoms with E-state index in [2.05, 4.69) is 5.10 Å². The summed E-state index contributed by atoms with van der Waals surface area (Å²) in [7, 11) is -0.582. The average Bonchev–Trinajstić information content (AvgIpc) is 3.24. The van der Waals surface area contributed by atoms with E-state index in [1.807, 2.05) is 24.3 Å². The smallest absolute Gasteiger partial charge is 0.248 e. The van der Waals surface area contributed by atoms with Crippen LogP contribution in [0.4, 0.5) is 0 Å². The first-order valence-electron chi connectivity index (χ1n) is 9.74. The summed E-state index contributed by atoms with van der Waals surface area (Å²) in [6.07, 6.45) is 2.33. The number of aryl methyl sites for hydroxylation is 2. The number of sulfonamides is 1. The molecule has 1 aliphatic carbocycles. The number of hydrogen-bond donors (Lipinski definition) is 1. The van der Waals surface area contributed by atoms with E-state index in [0.29, 0.717) is 24.4 Å². The van der Waals surface area contributed by atoms with Gasteiger partial charge in [0.15, 0.2) is 0 Å². The molecule has 0 radical (unpaired) electrons. The lowest BCUT2D eigenvalue weighted by Crippen LogP contribution is -2.43. The molecular formula is C20H26ClN3O4S. The van der Waals surface area contributed by atoms with Crippen LogP contribution in [0.25, 0.3) is 0 Å². The van der Waals surface area contributed by atoms with Crippen molar-refractivity contribution in [1.82, 2.24) is 14.1 Å². The zero-order valence-corrected chi connectivity index (χ0v) is 18.4. The Morgan fingerprint density at radius 1 is 1.34 bits per heavy atom. The van der Waals surface area contributed by atoms with Crippen molar-refractivity contribution >= 4 is 21.6 Å². The van der Waals surface area contributed by atoms with Gasteiger partial charge in [0.05, 0.1) is 18.4 Å². The summed E-state index contributed by atoms with van der Waals surface area (Å²) in [4.78, 5) is 0.0604. The van der Waals surface area contributed by atoms with Crippen molar-refractivity contribution in [3.8, 4) is 5.75 Å². The van der Waals surface area contributed by atoms with Crippen molar-refractivity contribution in [2.45, 2.75) is 36.7 Å². The number of halogens is 1. The van der Waals surface area contributed by atoms with Crippen LogP contribution >= 0.6 is 11.6 Å². The highest BCUT2D eigenvalue weighted by Gasteiger charge is 2.52. The summed E-state index contributed by atoms with van der Waals surface area (Å²) in [5.74, 6) is 0.581. The van der Waals surface area contributed by atoms with Gasteiger partial charge in [-0.25, -0.2) is 8.42 Å². The molecule has 2 aliphatic rings. The lowest BCUT2D eigenvalue weighted by atomic mass is 9.67. The molecule has 2 aromatic rings. The van der Waals surface area contributed by atoms with E-state index in [1.54, 1.807) is 21.1 Å². The quantitative estimate of drug-likeness (QED) is 0.791. The summed E-state index contributed by atoms with van der Waals surface area (Å²) in [5, 5.41) is 15.9. The highest BCUT2D eigenvalue weighted by atomic mass is 35.5. The topological polar surface area (TPSA) is 84.7 Å². The van der Waals surface area contributed by atoms with Gasteiger partial charge in [0, 0.05) is 26.1 Å². The molecule has 0 spiro atoms. The lowest BCUT2D eigenvalue weighted by Gasteiger charge is -2.41. The van der Waals surface area contributed by atoms with Crippen molar-refractivity contribution in [3.05, 3.63) is 40.7 Å². The number of aromatic nitrogens is 2. The van der Waals surface area contributed by atoms with Gasteiger partial charge in [-0.15, -0.1) is 0 Å². The maximum absolute atomic E-state index is 13.4. The van der Waals surface area contributed by atoms with Crippen LogP contribution in [-0.2, 0) is 22.7 Å². The lowest BCUT2D eigenvalue weighted by molar-refractivity contribution is -0.0641. The van der Waals surface area contributed by atoms with E-state index < -0.39 is 15.6 Å². The first-order valence-corrected chi connectivity index (χ1v) is 11.6. The molecular weight excluding hydrogens is 414 g/mol. The maximum Gasteiger partial charge on any atom is 0.248 e. The standard InChI is InChI=1S/C20H26ClN3O4S/c1-13-18(19(21)23(2)22-13)29(26,27)24-11-14-6-5-9-20(25,17(14)12-24)15-7-4-8-16(10-15)28-3/h4,7-8,10,14,17,25H,5-6,9,11-12H2,1-3H3/t14-,17-,20-/m1/s1. The van der Waals surface area contributed by atoms with Gasteiger partial charge < -0.3 is 9.84 Å². The van der Waals surface area contributed by atoms with Gasteiger partial charge >= 0.3 is 0 Å². The molecule has 1 saturated heterocycles. The highest BCUT2D eigenvalue weighted by Crippen LogP contribution is 2.49. The predicted octanol–water partition coefficient (Wildman–Crippen LogP) is 2.70. The van der Waals surface area contributed by atoms with Crippen LogP contribution < -0.4 is 4.74 Å². The van der Waals surface area contributed by atoms with Crippen molar-refractivity contribution < 1.29 is 18.3 Å². The molecule has 1 aromatic heterocycles. The fraction of sp³-hybridized carbons (Fsp3) is 0.550. The Balaban J connectivity index is 1.69. The monoisotopic (exact) mass is 439 g/mol. The van der Waals surface area contributed by atoms with E-state index in [9.17, 15) is 13.5 Å². The van der Waals surface area contributed by atoms with Gasteiger partial charge in [-0.05, 0) is 49.8 Å². The molecule has 9 heteroatoms. The Morgan fingerprint density at radius 3 is 2.76 bits per heavy atom. The third-order valence-corrected chi connectivity index (χ3v) is 8.95. The molecule has 4 rings (SSSR count). The van der Waals surface area contributed by atoms with Crippen LogP contribution in [-0.4, -0.2) is 47.8 Å². The largest absolute Gasteiger partial charge is 0.497 e. The summed E-state index contributed by atoms with van der Waals surface area (Å²) < 4.78 is 34.9. The number of nitrogens with zero attached hydrogens (tertiary/aromatic N) is 3. The minimum atomic E-state index is -3.80. The third kappa shape index (κ3) is 3.26. The summed E-state index contributed by atoms with van der Waals surface area (Å²) in [6, 6.07) is 7.44. The number of aliphatic hydroxyl groups is 1. The zero-order chi connectivity index (χ0) is 21.0. The summed E-state index contributed by atoms with van der Waals surface area (Å²) >= 11 is 6.25. The minimum absolute atomic E-state index is 0.0604. The van der Waals surface area contributed by atoms with E-state index in [1.165, 1.54) is 8.99 Å². The molecule has 1 aromatic carbocycles. The van der Waals surface area contributed by atoms with Crippen molar-refractivity contribution in [2.24, 2.45) is 18.9 Å². The SMILES string of the molecule is COc1cccc([C@]2(O)CCC[C@@H]3CN(S(=O)(=O)c4c(C)nn(C)c4Cl)C[C@H]32)c1. The number of benzene rings is 1. The summed E-state index contributed by atoms with van der Waals surface area (Å²) in [5.41, 5.74) is 0.0759. The first-order chi connectivity index (χ1) is 13.7. The van der Waals surface area contributed by atoms with Crippen LogP contribution in [0, 0.1) is 18.8 Å². The molecule has 1 N–H and O–H groups in total. The fourth-order valence-electron chi connectivity index (χ4n) is 4.96. The fourth-order valence-corrected chi connectivity index (χ4v) is 7.19. The van der Waals surface area contributed by atoms with E-state index >= 15 is 0 Å². The van der Waals surface area contributed by atoms with Crippen LogP contribution in [0.3, 0.4) is 0 Å². The van der Waals surface area contributed by atoms with Crippen LogP contribution in [0.5, 0.6) is 5.75 Å². The second kappa shape index (κ2) is 7.27. The maximum atomic E-state index is 13.4. The van der Waals surface area contributed by atoms with Gasteiger partial charge in [-0.1, -0.05) is 23.7 Å². The van der Waals surface area contributed by atoms with E-state index in [-0.39, 0.29) is 28.4 Å². The molecule has 3 atom stereocenters. The van der Waals surface area contributed by atoms with Gasteiger partial charge in [0.25, 0.3) is 0 Å². The number of methoxy groups -OCH3 is 1. The molecule has 0 unspecified atom stereocenters. The molecule has 1 saturated carbocycles. The van der Waals surface area contributed by atoms with Gasteiger partial charge in [0.1, 0.15) is 15.8 Å². The number of fused-ring (bicyclic) bond motifs is 1. The van der Waals surface area contributed by atoms with Gasteiger partial charge in [0.2, 0.25) is 10.0 Å². The molecule has 1 aliphatic heterocycles. The zero-order valence-electron chi connectivity index (χ0n) is 16.8. The van der Waals surface area contributed by atoms with Crippen LogP contribution in [0.1, 0.15) is 30.5 Å². The Bertz CT molecular complexity index is 1040. The van der Waals surface area contributed by atoms with Crippen molar-refractivity contribution in [3.63, 3.8) is 0 Å². The Hall–Kier alpha value is -1.61. The predicted molar refractivity (Wildman–Crippen MR) is 109 cm³/mol. The van der Waals surface area contributed by atoms with Gasteiger partial charge in [-0.2, -0.15) is 9.40 Å². The molecule has 2 heterocycles. The Morgan fingerprint density at radius 2 is 2.10 bits per heavy atom. The molecule has 0 bridgehead atoms. The van der Waals surface area contributed by atoms with E-state index in [0.717, 1.165) is 18.4 Å². The minimum Gasteiger partial charge on any atom is -0.497 e. The normalized spacial score (nSPS) is 27.8.